The Morgan fingerprint density at radius 3 is 1.09 bits per heavy atom. The van der Waals surface area contributed by atoms with Gasteiger partial charge in [-0.2, -0.15) is 0 Å². The molecule has 0 bridgehead atoms. The lowest BCUT2D eigenvalue weighted by atomic mass is 9.91. The maximum Gasteiger partial charge on any atom is 0.159 e. The zero-order valence-corrected chi connectivity index (χ0v) is 43.8. The lowest BCUT2D eigenvalue weighted by molar-refractivity contribution is 0.669. The summed E-state index contributed by atoms with van der Waals surface area (Å²) in [6.07, 6.45) is 1.87. The van der Waals surface area contributed by atoms with Crippen LogP contribution in [0.4, 0.5) is 34.1 Å². The van der Waals surface area contributed by atoms with E-state index < -0.39 is 0 Å². The predicted molar refractivity (Wildman–Crippen MR) is 323 cm³/mol. The number of anilines is 6. The molecule has 0 saturated carbocycles. The fraction of sp³-hybridized carbons (Fsp3) is 0.111. The molecule has 0 spiro atoms. The van der Waals surface area contributed by atoms with Gasteiger partial charge < -0.3 is 18.6 Å². The minimum Gasteiger partial charge on any atom is -0.453 e. The predicted octanol–water partition coefficient (Wildman–Crippen LogP) is 21.0. The van der Waals surface area contributed by atoms with Crippen molar-refractivity contribution in [3.8, 4) is 22.3 Å². The van der Waals surface area contributed by atoms with Crippen LogP contribution in [0.1, 0.15) is 47.2 Å². The van der Waals surface area contributed by atoms with Gasteiger partial charge in [0, 0.05) is 54.8 Å². The maximum atomic E-state index is 7.26. The summed E-state index contributed by atoms with van der Waals surface area (Å²) < 4.78 is 14.5. The normalized spacial score (nSPS) is 11.9. The number of aryl methyl sites for hydroxylation is 6. The van der Waals surface area contributed by atoms with Gasteiger partial charge >= 0.3 is 0 Å². The van der Waals surface area contributed by atoms with E-state index in [2.05, 4.69) is 258 Å². The molecule has 0 N–H and O–H groups in total. The highest BCUT2D eigenvalue weighted by Gasteiger charge is 2.28. The van der Waals surface area contributed by atoms with Crippen LogP contribution >= 0.6 is 0 Å². The topological polar surface area (TPSA) is 32.8 Å². The van der Waals surface area contributed by atoms with E-state index >= 15 is 0 Å². The van der Waals surface area contributed by atoms with Crippen LogP contribution in [0.5, 0.6) is 0 Å². The molecule has 0 fully saturated rings. The van der Waals surface area contributed by atoms with Gasteiger partial charge in [-0.15, -0.1) is 0 Å². The van der Waals surface area contributed by atoms with Gasteiger partial charge in [0.05, 0.1) is 22.7 Å². The minimum atomic E-state index is 0.859. The van der Waals surface area contributed by atoms with Crippen LogP contribution in [0.25, 0.3) is 98.4 Å². The van der Waals surface area contributed by atoms with Crippen LogP contribution in [0.2, 0.25) is 0 Å². The molecule has 366 valence electrons. The van der Waals surface area contributed by atoms with Gasteiger partial charge in [-0.25, -0.2) is 0 Å². The van der Waals surface area contributed by atoms with E-state index in [0.717, 1.165) is 113 Å². The number of hydrogen-bond acceptors (Lipinski definition) is 4. The number of fused-ring (bicyclic) bond motifs is 6. The first-order valence-electron chi connectivity index (χ1n) is 26.8. The molecule has 2 heterocycles. The maximum absolute atomic E-state index is 7.26. The highest BCUT2D eigenvalue weighted by molar-refractivity contribution is 6.29. The summed E-state index contributed by atoms with van der Waals surface area (Å²) in [6, 6.07) is 76.0. The Morgan fingerprint density at radius 2 is 0.671 bits per heavy atom. The van der Waals surface area contributed by atoms with Crippen molar-refractivity contribution in [1.29, 1.82) is 0 Å². The molecule has 4 heteroatoms. The Bertz CT molecular complexity index is 4330. The first-order valence-corrected chi connectivity index (χ1v) is 26.8. The molecule has 0 aliphatic rings. The summed E-state index contributed by atoms with van der Waals surface area (Å²) >= 11 is 0. The third-order valence-corrected chi connectivity index (χ3v) is 16.2. The van der Waals surface area contributed by atoms with Gasteiger partial charge in [0.15, 0.2) is 11.2 Å². The lowest BCUT2D eigenvalue weighted by Crippen LogP contribution is -2.13. The summed E-state index contributed by atoms with van der Waals surface area (Å²) in [4.78, 5) is 4.90. The van der Waals surface area contributed by atoms with Crippen LogP contribution in [-0.2, 0) is 12.8 Å². The van der Waals surface area contributed by atoms with Gasteiger partial charge in [-0.3, -0.25) is 0 Å². The van der Waals surface area contributed by atoms with Gasteiger partial charge in [0.2, 0.25) is 0 Å². The number of rotatable bonds is 10. The van der Waals surface area contributed by atoms with E-state index in [9.17, 15) is 0 Å². The fourth-order valence-electron chi connectivity index (χ4n) is 12.6. The molecule has 14 aromatic rings. The molecule has 0 unspecified atom stereocenters. The Morgan fingerprint density at radius 1 is 0.303 bits per heavy atom. The van der Waals surface area contributed by atoms with E-state index in [4.69, 9.17) is 8.83 Å². The summed E-state index contributed by atoms with van der Waals surface area (Å²) in [7, 11) is 0. The van der Waals surface area contributed by atoms with Crippen molar-refractivity contribution in [2.24, 2.45) is 0 Å². The van der Waals surface area contributed by atoms with Crippen LogP contribution < -0.4 is 9.80 Å². The highest BCUT2D eigenvalue weighted by Crippen LogP contribution is 2.52. The molecular formula is C72H56N2O2. The third kappa shape index (κ3) is 6.97. The molecule has 0 aliphatic carbocycles. The Labute approximate surface area is 443 Å². The van der Waals surface area contributed by atoms with Crippen LogP contribution in [-0.4, -0.2) is 0 Å². The van der Waals surface area contributed by atoms with Crippen molar-refractivity contribution in [2.75, 3.05) is 9.80 Å². The van der Waals surface area contributed by atoms with Crippen molar-refractivity contribution in [3.63, 3.8) is 0 Å². The monoisotopic (exact) mass is 980 g/mol. The summed E-state index contributed by atoms with van der Waals surface area (Å²) in [5.74, 6) is 0. The number of benzene rings is 12. The second-order valence-electron chi connectivity index (χ2n) is 20.7. The van der Waals surface area contributed by atoms with Crippen molar-refractivity contribution >= 4 is 110 Å². The minimum absolute atomic E-state index is 0.859. The molecule has 14 rings (SSSR count). The third-order valence-electron chi connectivity index (χ3n) is 16.2. The summed E-state index contributed by atoms with van der Waals surface area (Å²) in [6.45, 7) is 13.2. The number of para-hydroxylation sites is 4. The Kier molecular flexibility index (Phi) is 10.6. The molecular weight excluding hydrogens is 925 g/mol. The second-order valence-corrected chi connectivity index (χ2v) is 20.7. The zero-order chi connectivity index (χ0) is 51.3. The average Bonchev–Trinajstić information content (AvgIpc) is 4.16. The van der Waals surface area contributed by atoms with Crippen molar-refractivity contribution in [1.82, 2.24) is 0 Å². The van der Waals surface area contributed by atoms with E-state index in [1.54, 1.807) is 0 Å². The number of nitrogens with zero attached hydrogens (tertiary/aromatic N) is 2. The number of furan rings is 2. The molecule has 0 radical (unpaired) electrons. The largest absolute Gasteiger partial charge is 0.453 e. The van der Waals surface area contributed by atoms with Gasteiger partial charge in [0.1, 0.15) is 11.2 Å². The van der Waals surface area contributed by atoms with E-state index in [1.807, 2.05) is 0 Å². The van der Waals surface area contributed by atoms with E-state index in [0.29, 0.717) is 0 Å². The molecule has 12 aromatic carbocycles. The molecule has 4 nitrogen and oxygen atoms in total. The fourth-order valence-corrected chi connectivity index (χ4v) is 12.6. The van der Waals surface area contributed by atoms with Gasteiger partial charge in [0.25, 0.3) is 0 Å². The van der Waals surface area contributed by atoms with Gasteiger partial charge in [-0.05, 0) is 132 Å². The van der Waals surface area contributed by atoms with E-state index in [1.165, 1.54) is 66.1 Å². The standard InChI is InChI=1S/C72H56N2O2/c1-7-47-17-9-11-19-51(47)53-21-13-23-55-57-25-15-27-65(71(57)75-69(53)55)73(61-37-29-43(3)41-45(61)5)63-39-33-49-32-36-60-64(40-34-50-31-35-59(63)67(49)68(50)60)74(62-38-30-44(4)42-46(62)6)66-28-16-26-58-56-24-14-22-54(70(56)76-72(58)66)52-20-12-10-18-48(52)8-2/h9-42H,7-8H2,1-6H3. The molecule has 76 heavy (non-hydrogen) atoms. The highest BCUT2D eigenvalue weighted by atomic mass is 16.3. The summed E-state index contributed by atoms with van der Waals surface area (Å²) in [5.41, 5.74) is 22.0. The zero-order valence-electron chi connectivity index (χ0n) is 43.8. The van der Waals surface area contributed by atoms with Crippen LogP contribution in [0.15, 0.2) is 215 Å². The molecule has 0 atom stereocenters. The molecule has 0 saturated heterocycles. The quantitative estimate of drug-likeness (QED) is 0.128. The van der Waals surface area contributed by atoms with Crippen molar-refractivity contribution < 1.29 is 8.83 Å². The SMILES string of the molecule is CCc1ccccc1-c1cccc2c1oc1c(N(c3ccc(C)cc3C)c3ccc4ccc5c(N(c6ccc(C)cc6C)c6cccc7c6oc6c(-c8ccccc8CC)cccc67)ccc6ccc3c4c65)cccc12. The van der Waals surface area contributed by atoms with Crippen LogP contribution in [0, 0.1) is 27.7 Å². The molecule has 0 aliphatic heterocycles. The summed E-state index contributed by atoms with van der Waals surface area (Å²) in [5, 5.41) is 11.5. The van der Waals surface area contributed by atoms with Crippen molar-refractivity contribution in [2.45, 2.75) is 54.4 Å². The molecule has 0 amide bonds. The van der Waals surface area contributed by atoms with E-state index in [-0.39, 0.29) is 0 Å². The average molecular weight is 981 g/mol. The first kappa shape index (κ1) is 45.5. The van der Waals surface area contributed by atoms with Gasteiger partial charge in [-0.1, -0.05) is 195 Å². The smallest absolute Gasteiger partial charge is 0.159 e. The first-order chi connectivity index (χ1) is 37.3. The van der Waals surface area contributed by atoms with Crippen LogP contribution in [0.3, 0.4) is 0 Å². The Hall–Kier alpha value is -9.12. The van der Waals surface area contributed by atoms with Crippen molar-refractivity contribution in [3.05, 3.63) is 240 Å². The molecule has 2 aromatic heterocycles. The second kappa shape index (κ2) is 17.8. The number of hydrogen-bond donors (Lipinski definition) is 0. The Balaban J connectivity index is 1.01. The lowest BCUT2D eigenvalue weighted by Gasteiger charge is -2.30.